The zero-order chi connectivity index (χ0) is 18.7. The van der Waals surface area contributed by atoms with Gasteiger partial charge in [0.25, 0.3) is 0 Å². The van der Waals surface area contributed by atoms with Crippen molar-refractivity contribution in [3.63, 3.8) is 0 Å². The molecule has 140 valence electrons. The number of anilines is 2. The van der Waals surface area contributed by atoms with E-state index in [9.17, 15) is 9.90 Å². The van der Waals surface area contributed by atoms with E-state index < -0.39 is 5.97 Å². The van der Waals surface area contributed by atoms with E-state index in [0.717, 1.165) is 39.0 Å². The number of piperidine rings is 1. The van der Waals surface area contributed by atoms with Crippen LogP contribution in [0.5, 0.6) is 0 Å². The van der Waals surface area contributed by atoms with E-state index in [1.807, 2.05) is 11.9 Å². The Morgan fingerprint density at radius 2 is 2.08 bits per heavy atom. The molecule has 0 aliphatic carbocycles. The lowest BCUT2D eigenvalue weighted by Gasteiger charge is -2.34. The third-order valence-corrected chi connectivity index (χ3v) is 4.96. The first-order valence-corrected chi connectivity index (χ1v) is 8.83. The normalized spacial score (nSPS) is 16.1. The average molecular weight is 359 g/mol. The minimum absolute atomic E-state index is 0.181. The molecule has 1 saturated heterocycles. The summed E-state index contributed by atoms with van der Waals surface area (Å²) in [5.74, 6) is 0.381. The van der Waals surface area contributed by atoms with Gasteiger partial charge in [-0.05, 0) is 50.0 Å². The number of aliphatic hydroxyl groups is 1. The third-order valence-electron chi connectivity index (χ3n) is 4.96. The number of rotatable bonds is 6. The second-order valence-corrected chi connectivity index (χ2v) is 6.83. The number of carbonyl (C=O) groups is 1. The van der Waals surface area contributed by atoms with E-state index in [1.54, 1.807) is 12.1 Å². The molecule has 4 N–H and O–H groups in total. The fraction of sp³-hybridized carbons (Fsp3) is 0.500. The van der Waals surface area contributed by atoms with Gasteiger partial charge in [0.2, 0.25) is 5.95 Å². The molecule has 2 heterocycles. The van der Waals surface area contributed by atoms with Crippen molar-refractivity contribution in [3.05, 3.63) is 23.8 Å². The minimum Gasteiger partial charge on any atom is -0.478 e. The molecular weight excluding hydrogens is 334 g/mol. The molecule has 0 saturated carbocycles. The molecule has 8 heteroatoms. The lowest BCUT2D eigenvalue weighted by molar-refractivity contribution is 0.0697. The summed E-state index contributed by atoms with van der Waals surface area (Å²) < 4.78 is 0. The summed E-state index contributed by atoms with van der Waals surface area (Å²) in [6.45, 7) is 3.70. The SMILES string of the molecule is CN(CC1CCN(CCO)CC1)c1nc(N)nc2ccc(C(=O)O)cc12. The maximum atomic E-state index is 11.3. The minimum atomic E-state index is -0.978. The number of carboxylic acids is 1. The fourth-order valence-electron chi connectivity index (χ4n) is 3.56. The fourth-order valence-corrected chi connectivity index (χ4v) is 3.56. The number of aromatic carboxylic acids is 1. The zero-order valence-electron chi connectivity index (χ0n) is 14.9. The number of nitrogen functional groups attached to an aromatic ring is 1. The number of β-amino-alcohol motifs (C(OH)–C–C–N with tert-alkyl or cyclic N) is 1. The summed E-state index contributed by atoms with van der Waals surface area (Å²) in [5, 5.41) is 19.0. The molecule has 0 atom stereocenters. The van der Waals surface area contributed by atoms with E-state index in [2.05, 4.69) is 14.9 Å². The van der Waals surface area contributed by atoms with Crippen LogP contribution in [0, 0.1) is 5.92 Å². The first-order valence-electron chi connectivity index (χ1n) is 8.83. The van der Waals surface area contributed by atoms with Gasteiger partial charge in [-0.2, -0.15) is 4.98 Å². The van der Waals surface area contributed by atoms with Gasteiger partial charge in [-0.15, -0.1) is 0 Å². The van der Waals surface area contributed by atoms with Gasteiger partial charge >= 0.3 is 5.97 Å². The van der Waals surface area contributed by atoms with Crippen molar-refractivity contribution in [2.45, 2.75) is 12.8 Å². The Balaban J connectivity index is 1.80. The van der Waals surface area contributed by atoms with Gasteiger partial charge in [0.15, 0.2) is 0 Å². The summed E-state index contributed by atoms with van der Waals surface area (Å²) >= 11 is 0. The van der Waals surface area contributed by atoms with Crippen LogP contribution in [0.25, 0.3) is 10.9 Å². The number of hydrogen-bond donors (Lipinski definition) is 3. The van der Waals surface area contributed by atoms with Crippen LogP contribution in [0.4, 0.5) is 11.8 Å². The molecular formula is C18H25N5O3. The highest BCUT2D eigenvalue weighted by Gasteiger charge is 2.22. The molecule has 26 heavy (non-hydrogen) atoms. The van der Waals surface area contributed by atoms with E-state index in [0.29, 0.717) is 22.6 Å². The number of likely N-dealkylation sites (tertiary alicyclic amines) is 1. The van der Waals surface area contributed by atoms with Crippen molar-refractivity contribution in [1.29, 1.82) is 0 Å². The van der Waals surface area contributed by atoms with Gasteiger partial charge in [-0.1, -0.05) is 0 Å². The second kappa shape index (κ2) is 7.84. The van der Waals surface area contributed by atoms with Crippen LogP contribution in [0.15, 0.2) is 18.2 Å². The number of benzene rings is 1. The van der Waals surface area contributed by atoms with Crippen molar-refractivity contribution in [2.24, 2.45) is 5.92 Å². The highest BCUT2D eigenvalue weighted by molar-refractivity contribution is 5.97. The summed E-state index contributed by atoms with van der Waals surface area (Å²) in [7, 11) is 1.95. The van der Waals surface area contributed by atoms with Crippen molar-refractivity contribution < 1.29 is 15.0 Å². The first-order chi connectivity index (χ1) is 12.5. The number of aromatic nitrogens is 2. The molecule has 1 aromatic heterocycles. The molecule has 2 aromatic rings. The number of aliphatic hydroxyl groups excluding tert-OH is 1. The molecule has 0 bridgehead atoms. The Hall–Kier alpha value is -2.45. The molecule has 1 aliphatic heterocycles. The number of hydrogen-bond acceptors (Lipinski definition) is 7. The predicted molar refractivity (Wildman–Crippen MR) is 100 cm³/mol. The lowest BCUT2D eigenvalue weighted by atomic mass is 9.96. The predicted octanol–water partition coefficient (Wildman–Crippen LogP) is 1.05. The first kappa shape index (κ1) is 18.3. The van der Waals surface area contributed by atoms with Gasteiger partial charge in [0.05, 0.1) is 17.7 Å². The monoisotopic (exact) mass is 359 g/mol. The Bertz CT molecular complexity index is 790. The summed E-state index contributed by atoms with van der Waals surface area (Å²) in [5.41, 5.74) is 6.70. The standard InChI is InChI=1S/C18H25N5O3/c1-22(11-12-4-6-23(7-5-12)8-9-24)16-14-10-13(17(25)26)2-3-15(14)20-18(19)21-16/h2-3,10,12,24H,4-9,11H2,1H3,(H,25,26)(H2,19,20,21). The molecule has 3 rings (SSSR count). The molecule has 1 fully saturated rings. The van der Waals surface area contributed by atoms with Crippen LogP contribution in [0.1, 0.15) is 23.2 Å². The molecule has 0 amide bonds. The van der Waals surface area contributed by atoms with Crippen molar-refractivity contribution in [3.8, 4) is 0 Å². The Morgan fingerprint density at radius 3 is 2.73 bits per heavy atom. The van der Waals surface area contributed by atoms with Crippen LogP contribution in [-0.4, -0.2) is 70.9 Å². The molecule has 1 aromatic carbocycles. The molecule has 0 spiro atoms. The quantitative estimate of drug-likeness (QED) is 0.701. The zero-order valence-corrected chi connectivity index (χ0v) is 14.9. The van der Waals surface area contributed by atoms with E-state index in [1.165, 1.54) is 6.07 Å². The third kappa shape index (κ3) is 4.03. The van der Waals surface area contributed by atoms with Gasteiger partial charge in [-0.3, -0.25) is 0 Å². The Kier molecular flexibility index (Phi) is 5.53. The average Bonchev–Trinajstić information content (AvgIpc) is 2.62. The van der Waals surface area contributed by atoms with Crippen molar-refractivity contribution in [2.75, 3.05) is 50.5 Å². The molecule has 0 radical (unpaired) electrons. The molecule has 8 nitrogen and oxygen atoms in total. The Morgan fingerprint density at radius 1 is 1.35 bits per heavy atom. The van der Waals surface area contributed by atoms with Crippen LogP contribution in [0.3, 0.4) is 0 Å². The summed E-state index contributed by atoms with van der Waals surface area (Å²) in [4.78, 5) is 24.2. The Labute approximate surface area is 152 Å². The largest absolute Gasteiger partial charge is 0.478 e. The number of nitrogens with zero attached hydrogens (tertiary/aromatic N) is 4. The summed E-state index contributed by atoms with van der Waals surface area (Å²) in [6, 6.07) is 4.80. The highest BCUT2D eigenvalue weighted by Crippen LogP contribution is 2.27. The highest BCUT2D eigenvalue weighted by atomic mass is 16.4. The molecule has 0 unspecified atom stereocenters. The topological polar surface area (TPSA) is 116 Å². The second-order valence-electron chi connectivity index (χ2n) is 6.83. The van der Waals surface area contributed by atoms with Gasteiger partial charge in [-0.25, -0.2) is 9.78 Å². The van der Waals surface area contributed by atoms with Crippen molar-refractivity contribution in [1.82, 2.24) is 14.9 Å². The van der Waals surface area contributed by atoms with Crippen molar-refractivity contribution >= 4 is 28.6 Å². The van der Waals surface area contributed by atoms with Crippen LogP contribution >= 0.6 is 0 Å². The van der Waals surface area contributed by atoms with E-state index in [4.69, 9.17) is 10.8 Å². The number of carboxylic acid groups (broad SMARTS) is 1. The van der Waals surface area contributed by atoms with E-state index >= 15 is 0 Å². The molecule has 1 aliphatic rings. The number of fused-ring (bicyclic) bond motifs is 1. The van der Waals surface area contributed by atoms with Gasteiger partial charge in [0, 0.05) is 25.5 Å². The van der Waals surface area contributed by atoms with Gasteiger partial charge < -0.3 is 25.7 Å². The van der Waals surface area contributed by atoms with Gasteiger partial charge in [0.1, 0.15) is 5.82 Å². The van der Waals surface area contributed by atoms with Crippen LogP contribution in [-0.2, 0) is 0 Å². The van der Waals surface area contributed by atoms with Crippen LogP contribution < -0.4 is 10.6 Å². The maximum Gasteiger partial charge on any atom is 0.335 e. The van der Waals surface area contributed by atoms with Crippen LogP contribution in [0.2, 0.25) is 0 Å². The lowest BCUT2D eigenvalue weighted by Crippen LogP contribution is -2.39. The van der Waals surface area contributed by atoms with E-state index in [-0.39, 0.29) is 18.1 Å². The number of nitrogens with two attached hydrogens (primary N) is 1. The summed E-state index contributed by atoms with van der Waals surface area (Å²) in [6.07, 6.45) is 2.12. The maximum absolute atomic E-state index is 11.3. The smallest absolute Gasteiger partial charge is 0.335 e.